The second kappa shape index (κ2) is 8.69. The molecule has 0 aromatic heterocycles. The lowest BCUT2D eigenvalue weighted by molar-refractivity contribution is -0.122. The van der Waals surface area contributed by atoms with Gasteiger partial charge in [0.1, 0.15) is 12.4 Å². The Labute approximate surface area is 164 Å². The van der Waals surface area contributed by atoms with Crippen molar-refractivity contribution in [3.63, 3.8) is 0 Å². The number of amides is 3. The van der Waals surface area contributed by atoms with Crippen molar-refractivity contribution in [2.45, 2.75) is 32.7 Å². The Bertz CT molecular complexity index is 859. The number of nitrogens with one attached hydrogen (secondary N) is 1. The highest BCUT2D eigenvalue weighted by Crippen LogP contribution is 2.22. The van der Waals surface area contributed by atoms with E-state index in [1.165, 1.54) is 4.90 Å². The van der Waals surface area contributed by atoms with E-state index in [0.29, 0.717) is 24.2 Å². The van der Waals surface area contributed by atoms with Crippen LogP contribution < -0.4 is 10.1 Å². The van der Waals surface area contributed by atoms with E-state index in [2.05, 4.69) is 5.32 Å². The molecule has 1 aliphatic heterocycles. The number of fused-ring (bicyclic) bond motifs is 1. The number of carbonyl (C=O) groups excluding carboxylic acids is 3. The quantitative estimate of drug-likeness (QED) is 0.715. The van der Waals surface area contributed by atoms with Crippen molar-refractivity contribution in [2.24, 2.45) is 0 Å². The normalized spacial score (nSPS) is 14.0. The van der Waals surface area contributed by atoms with Crippen LogP contribution >= 0.6 is 0 Å². The molecular weight excluding hydrogens is 356 g/mol. The second-order valence-corrected chi connectivity index (χ2v) is 6.96. The van der Waals surface area contributed by atoms with Gasteiger partial charge in [-0.1, -0.05) is 30.3 Å². The minimum atomic E-state index is -0.291. The largest absolute Gasteiger partial charge is 0.491 e. The zero-order valence-corrected chi connectivity index (χ0v) is 16.1. The van der Waals surface area contributed by atoms with Crippen molar-refractivity contribution >= 4 is 17.7 Å². The Morgan fingerprint density at radius 1 is 1.04 bits per heavy atom. The van der Waals surface area contributed by atoms with Crippen molar-refractivity contribution in [3.8, 4) is 5.75 Å². The fourth-order valence-electron chi connectivity index (χ4n) is 3.16. The van der Waals surface area contributed by atoms with Gasteiger partial charge in [0, 0.05) is 13.0 Å². The van der Waals surface area contributed by atoms with E-state index in [-0.39, 0.29) is 36.7 Å². The molecule has 2 aromatic rings. The molecule has 1 aliphatic rings. The molecule has 0 spiro atoms. The summed E-state index contributed by atoms with van der Waals surface area (Å²) < 4.78 is 5.74. The van der Waals surface area contributed by atoms with Crippen LogP contribution in [-0.2, 0) is 4.79 Å². The predicted octanol–water partition coefficient (Wildman–Crippen LogP) is 2.95. The molecule has 0 saturated heterocycles. The summed E-state index contributed by atoms with van der Waals surface area (Å²) in [5.41, 5.74) is 1.90. The summed E-state index contributed by atoms with van der Waals surface area (Å²) >= 11 is 0. The summed E-state index contributed by atoms with van der Waals surface area (Å²) in [6.45, 7) is 4.45. The van der Waals surface area contributed by atoms with Gasteiger partial charge >= 0.3 is 0 Å². The average Bonchev–Trinajstić information content (AvgIpc) is 2.92. The summed E-state index contributed by atoms with van der Waals surface area (Å²) in [5.74, 6) is 0.0914. The van der Waals surface area contributed by atoms with Crippen molar-refractivity contribution in [2.75, 3.05) is 13.2 Å². The van der Waals surface area contributed by atoms with Gasteiger partial charge in [0.15, 0.2) is 0 Å². The Morgan fingerprint density at radius 3 is 2.29 bits per heavy atom. The predicted molar refractivity (Wildman–Crippen MR) is 105 cm³/mol. The van der Waals surface area contributed by atoms with Crippen LogP contribution in [0.4, 0.5) is 0 Å². The highest BCUT2D eigenvalue weighted by molar-refractivity contribution is 6.21. The number of benzene rings is 2. The van der Waals surface area contributed by atoms with Gasteiger partial charge in [-0.25, -0.2) is 0 Å². The molecule has 6 heteroatoms. The standard InChI is InChI=1S/C22H24N2O4/c1-15-8-3-6-11-19(15)28-14-16(2)23-20(25)12-7-13-24-21(26)17-9-4-5-10-18(17)22(24)27/h3-6,8-11,16H,7,12-14H2,1-2H3,(H,23,25)/t16-/m1/s1. The van der Waals surface area contributed by atoms with Crippen LogP contribution in [0.5, 0.6) is 5.75 Å². The first-order chi connectivity index (χ1) is 13.5. The van der Waals surface area contributed by atoms with E-state index in [9.17, 15) is 14.4 Å². The first-order valence-corrected chi connectivity index (χ1v) is 9.40. The molecule has 0 radical (unpaired) electrons. The van der Waals surface area contributed by atoms with Gasteiger partial charge in [-0.2, -0.15) is 0 Å². The van der Waals surface area contributed by atoms with Gasteiger partial charge in [0.2, 0.25) is 5.91 Å². The van der Waals surface area contributed by atoms with Gasteiger partial charge in [-0.15, -0.1) is 0 Å². The Balaban J connectivity index is 1.41. The van der Waals surface area contributed by atoms with Crippen LogP contribution in [0.25, 0.3) is 0 Å². The number of carbonyl (C=O) groups is 3. The Hall–Kier alpha value is -3.15. The molecule has 0 saturated carbocycles. The fourth-order valence-corrected chi connectivity index (χ4v) is 3.16. The number of aryl methyl sites for hydroxylation is 1. The third-order valence-corrected chi connectivity index (χ3v) is 4.65. The van der Waals surface area contributed by atoms with Gasteiger partial charge in [0.25, 0.3) is 11.8 Å². The Morgan fingerprint density at radius 2 is 1.64 bits per heavy atom. The number of ether oxygens (including phenoxy) is 1. The lowest BCUT2D eigenvalue weighted by atomic mass is 10.1. The van der Waals surface area contributed by atoms with Crippen molar-refractivity contribution in [1.29, 1.82) is 0 Å². The smallest absolute Gasteiger partial charge is 0.261 e. The van der Waals surface area contributed by atoms with Gasteiger partial charge in [0.05, 0.1) is 17.2 Å². The maximum Gasteiger partial charge on any atom is 0.261 e. The van der Waals surface area contributed by atoms with E-state index < -0.39 is 0 Å². The molecule has 1 atom stereocenters. The van der Waals surface area contributed by atoms with Gasteiger partial charge < -0.3 is 10.1 Å². The van der Waals surface area contributed by atoms with Crippen LogP contribution in [0.2, 0.25) is 0 Å². The zero-order valence-electron chi connectivity index (χ0n) is 16.1. The third kappa shape index (κ3) is 4.39. The minimum Gasteiger partial charge on any atom is -0.491 e. The second-order valence-electron chi connectivity index (χ2n) is 6.96. The number of imide groups is 1. The summed E-state index contributed by atoms with van der Waals surface area (Å²) in [6.07, 6.45) is 0.658. The number of para-hydroxylation sites is 1. The highest BCUT2D eigenvalue weighted by atomic mass is 16.5. The Kier molecular flexibility index (Phi) is 6.09. The molecule has 146 valence electrons. The topological polar surface area (TPSA) is 75.7 Å². The molecule has 3 amide bonds. The van der Waals surface area contributed by atoms with Crippen molar-refractivity contribution in [1.82, 2.24) is 10.2 Å². The zero-order chi connectivity index (χ0) is 20.1. The number of rotatable bonds is 8. The van der Waals surface area contributed by atoms with E-state index in [4.69, 9.17) is 4.74 Å². The van der Waals surface area contributed by atoms with Crippen LogP contribution in [0.1, 0.15) is 46.0 Å². The molecular formula is C22H24N2O4. The number of hydrogen-bond acceptors (Lipinski definition) is 4. The molecule has 2 aromatic carbocycles. The lowest BCUT2D eigenvalue weighted by Crippen LogP contribution is -2.37. The summed E-state index contributed by atoms with van der Waals surface area (Å²) in [4.78, 5) is 37.9. The van der Waals surface area contributed by atoms with Crippen molar-refractivity contribution in [3.05, 3.63) is 65.2 Å². The first kappa shape index (κ1) is 19.6. The molecule has 28 heavy (non-hydrogen) atoms. The molecule has 1 heterocycles. The van der Waals surface area contributed by atoms with E-state index >= 15 is 0 Å². The van der Waals surface area contributed by atoms with Gasteiger partial charge in [-0.3, -0.25) is 19.3 Å². The van der Waals surface area contributed by atoms with Gasteiger partial charge in [-0.05, 0) is 44.0 Å². The molecule has 0 bridgehead atoms. The van der Waals surface area contributed by atoms with Crippen LogP contribution in [0.3, 0.4) is 0 Å². The maximum absolute atomic E-state index is 12.3. The summed E-state index contributed by atoms with van der Waals surface area (Å²) in [5, 5.41) is 2.88. The minimum absolute atomic E-state index is 0.127. The molecule has 0 fully saturated rings. The maximum atomic E-state index is 12.3. The molecule has 1 N–H and O–H groups in total. The SMILES string of the molecule is Cc1ccccc1OC[C@@H](C)NC(=O)CCCN1C(=O)c2ccccc2C1=O. The molecule has 3 rings (SSSR count). The summed E-state index contributed by atoms with van der Waals surface area (Å²) in [7, 11) is 0. The van der Waals surface area contributed by atoms with E-state index in [1.807, 2.05) is 38.1 Å². The first-order valence-electron chi connectivity index (χ1n) is 9.40. The fraction of sp³-hybridized carbons (Fsp3) is 0.318. The monoisotopic (exact) mass is 380 g/mol. The molecule has 0 unspecified atom stereocenters. The third-order valence-electron chi connectivity index (χ3n) is 4.65. The highest BCUT2D eigenvalue weighted by Gasteiger charge is 2.34. The number of nitrogens with zero attached hydrogens (tertiary/aromatic N) is 1. The molecule has 0 aliphatic carbocycles. The average molecular weight is 380 g/mol. The van der Waals surface area contributed by atoms with Crippen molar-refractivity contribution < 1.29 is 19.1 Å². The number of hydrogen-bond donors (Lipinski definition) is 1. The molecule has 6 nitrogen and oxygen atoms in total. The van der Waals surface area contributed by atoms with E-state index in [1.54, 1.807) is 24.3 Å². The summed E-state index contributed by atoms with van der Waals surface area (Å²) in [6, 6.07) is 14.3. The van der Waals surface area contributed by atoms with Crippen LogP contribution in [0, 0.1) is 6.92 Å². The van der Waals surface area contributed by atoms with Crippen LogP contribution in [0.15, 0.2) is 48.5 Å². The lowest BCUT2D eigenvalue weighted by Gasteiger charge is -2.17. The van der Waals surface area contributed by atoms with E-state index in [0.717, 1.165) is 11.3 Å². The van der Waals surface area contributed by atoms with Crippen LogP contribution in [-0.4, -0.2) is 41.8 Å².